The first-order valence-electron chi connectivity index (χ1n) is 5.66. The number of hydrogen-bond donors (Lipinski definition) is 3. The zero-order chi connectivity index (χ0) is 14.5. The number of anilines is 1. The number of rotatable bonds is 4. The number of halogens is 1. The molecule has 7 heteroatoms. The molecular formula is C13H11BrN2O3S. The molecule has 5 nitrogen and oxygen atoms in total. The first-order valence-corrected chi connectivity index (χ1v) is 7.33. The molecule has 2 rings (SSSR count). The second kappa shape index (κ2) is 6.53. The van der Waals surface area contributed by atoms with E-state index in [1.807, 2.05) is 11.4 Å². The van der Waals surface area contributed by atoms with Crippen LogP contribution in [0, 0.1) is 0 Å². The van der Waals surface area contributed by atoms with Crippen LogP contribution in [-0.4, -0.2) is 17.1 Å². The number of hydrogen-bond acceptors (Lipinski definition) is 3. The minimum Gasteiger partial charge on any atom is -0.478 e. The van der Waals surface area contributed by atoms with E-state index >= 15 is 0 Å². The third-order valence-electron chi connectivity index (χ3n) is 2.45. The molecule has 0 atom stereocenters. The molecular weight excluding hydrogens is 344 g/mol. The summed E-state index contributed by atoms with van der Waals surface area (Å²) in [6.07, 6.45) is 0. The largest absolute Gasteiger partial charge is 0.478 e. The standard InChI is InChI=1S/C13H11BrN2O3S/c14-8-5-9(20-7-8)6-15-13(19)16-11-4-2-1-3-10(11)12(17)18/h1-5,7H,6H2,(H,17,18)(H2,15,16,19). The highest BCUT2D eigenvalue weighted by molar-refractivity contribution is 9.10. The third-order valence-corrected chi connectivity index (χ3v) is 4.15. The fourth-order valence-electron chi connectivity index (χ4n) is 1.56. The van der Waals surface area contributed by atoms with Crippen molar-refractivity contribution in [1.82, 2.24) is 5.32 Å². The van der Waals surface area contributed by atoms with Crippen LogP contribution in [0.1, 0.15) is 15.2 Å². The number of thiophene rings is 1. The SMILES string of the molecule is O=C(NCc1cc(Br)cs1)Nc1ccccc1C(=O)O. The number of carboxylic acids is 1. The minimum atomic E-state index is -1.08. The molecule has 1 heterocycles. The summed E-state index contributed by atoms with van der Waals surface area (Å²) in [5, 5.41) is 16.1. The molecule has 0 fully saturated rings. The smallest absolute Gasteiger partial charge is 0.337 e. The molecule has 3 N–H and O–H groups in total. The van der Waals surface area contributed by atoms with Crippen LogP contribution in [0.2, 0.25) is 0 Å². The lowest BCUT2D eigenvalue weighted by atomic mass is 10.2. The van der Waals surface area contributed by atoms with E-state index in [9.17, 15) is 9.59 Å². The van der Waals surface area contributed by atoms with Crippen LogP contribution >= 0.6 is 27.3 Å². The lowest BCUT2D eigenvalue weighted by Gasteiger charge is -2.09. The van der Waals surface area contributed by atoms with Gasteiger partial charge in [0.1, 0.15) is 0 Å². The fourth-order valence-corrected chi connectivity index (χ4v) is 2.95. The Morgan fingerprint density at radius 2 is 2.05 bits per heavy atom. The van der Waals surface area contributed by atoms with Crippen LogP contribution in [0.3, 0.4) is 0 Å². The monoisotopic (exact) mass is 354 g/mol. The normalized spacial score (nSPS) is 10.1. The second-order valence-corrected chi connectivity index (χ2v) is 5.80. The summed E-state index contributed by atoms with van der Waals surface area (Å²) in [5.74, 6) is -1.08. The molecule has 0 bridgehead atoms. The molecule has 104 valence electrons. The van der Waals surface area contributed by atoms with Crippen molar-refractivity contribution >= 4 is 45.0 Å². The summed E-state index contributed by atoms with van der Waals surface area (Å²) < 4.78 is 0.968. The summed E-state index contributed by atoms with van der Waals surface area (Å²) >= 11 is 4.86. The summed E-state index contributed by atoms with van der Waals surface area (Å²) in [5.41, 5.74) is 0.325. The van der Waals surface area contributed by atoms with Crippen molar-refractivity contribution in [2.75, 3.05) is 5.32 Å². The van der Waals surface area contributed by atoms with Gasteiger partial charge in [0.05, 0.1) is 17.8 Å². The number of carbonyl (C=O) groups is 2. The van der Waals surface area contributed by atoms with Gasteiger partial charge in [-0.2, -0.15) is 0 Å². The van der Waals surface area contributed by atoms with Crippen LogP contribution in [0.25, 0.3) is 0 Å². The van der Waals surface area contributed by atoms with Crippen molar-refractivity contribution < 1.29 is 14.7 Å². The van der Waals surface area contributed by atoms with Gasteiger partial charge in [0, 0.05) is 14.7 Å². The van der Waals surface area contributed by atoms with Gasteiger partial charge >= 0.3 is 12.0 Å². The molecule has 2 amide bonds. The predicted octanol–water partition coefficient (Wildman–Crippen LogP) is 3.53. The fraction of sp³-hybridized carbons (Fsp3) is 0.0769. The molecule has 0 aliphatic carbocycles. The number of urea groups is 1. The molecule has 20 heavy (non-hydrogen) atoms. The van der Waals surface area contributed by atoms with Crippen molar-refractivity contribution in [3.05, 3.63) is 50.6 Å². The predicted molar refractivity (Wildman–Crippen MR) is 81.3 cm³/mol. The lowest BCUT2D eigenvalue weighted by molar-refractivity contribution is 0.0698. The molecule has 2 aromatic rings. The number of benzene rings is 1. The Bertz CT molecular complexity index is 642. The topological polar surface area (TPSA) is 78.4 Å². The molecule has 1 aromatic carbocycles. The van der Waals surface area contributed by atoms with Gasteiger partial charge < -0.3 is 15.7 Å². The number of carbonyl (C=O) groups excluding carboxylic acids is 1. The first-order chi connectivity index (χ1) is 9.56. The first kappa shape index (κ1) is 14.5. The molecule has 1 aromatic heterocycles. The Hall–Kier alpha value is -1.86. The van der Waals surface area contributed by atoms with Crippen LogP contribution in [-0.2, 0) is 6.54 Å². The Morgan fingerprint density at radius 3 is 2.70 bits per heavy atom. The molecule has 0 saturated heterocycles. The van der Waals surface area contributed by atoms with Gasteiger partial charge in [-0.25, -0.2) is 9.59 Å². The number of amides is 2. The van der Waals surface area contributed by atoms with Crippen LogP contribution in [0.15, 0.2) is 40.2 Å². The molecule has 0 aliphatic rings. The third kappa shape index (κ3) is 3.82. The summed E-state index contributed by atoms with van der Waals surface area (Å²) in [6.45, 7) is 0.386. The van der Waals surface area contributed by atoms with Crippen LogP contribution in [0.5, 0.6) is 0 Å². The van der Waals surface area contributed by atoms with Crippen molar-refractivity contribution in [3.63, 3.8) is 0 Å². The Kier molecular flexibility index (Phi) is 4.75. The van der Waals surface area contributed by atoms with Gasteiger partial charge in [0.2, 0.25) is 0 Å². The maximum atomic E-state index is 11.7. The van der Waals surface area contributed by atoms with Crippen molar-refractivity contribution in [2.45, 2.75) is 6.54 Å². The molecule has 0 spiro atoms. The minimum absolute atomic E-state index is 0.0570. The Morgan fingerprint density at radius 1 is 1.30 bits per heavy atom. The number of carboxylic acid groups (broad SMARTS) is 1. The van der Waals surface area contributed by atoms with Gasteiger partial charge in [-0.3, -0.25) is 0 Å². The van der Waals surface area contributed by atoms with E-state index in [0.29, 0.717) is 6.54 Å². The molecule has 0 saturated carbocycles. The highest BCUT2D eigenvalue weighted by Crippen LogP contribution is 2.19. The molecule has 0 radical (unpaired) electrons. The van der Waals surface area contributed by atoms with Crippen LogP contribution in [0.4, 0.5) is 10.5 Å². The second-order valence-electron chi connectivity index (χ2n) is 3.89. The van der Waals surface area contributed by atoms with E-state index in [1.54, 1.807) is 18.2 Å². The number of aromatic carboxylic acids is 1. The van der Waals surface area contributed by atoms with Crippen LogP contribution < -0.4 is 10.6 Å². The summed E-state index contributed by atoms with van der Waals surface area (Å²) in [6, 6.07) is 7.73. The quantitative estimate of drug-likeness (QED) is 0.785. The van der Waals surface area contributed by atoms with E-state index in [2.05, 4.69) is 26.6 Å². The van der Waals surface area contributed by atoms with Crippen molar-refractivity contribution in [2.24, 2.45) is 0 Å². The highest BCUT2D eigenvalue weighted by atomic mass is 79.9. The van der Waals surface area contributed by atoms with Gasteiger partial charge in [0.25, 0.3) is 0 Å². The van der Waals surface area contributed by atoms with Gasteiger partial charge in [-0.05, 0) is 34.1 Å². The van der Waals surface area contributed by atoms with Gasteiger partial charge in [-0.15, -0.1) is 11.3 Å². The molecule has 0 unspecified atom stereocenters. The van der Waals surface area contributed by atoms with Crippen molar-refractivity contribution in [3.8, 4) is 0 Å². The highest BCUT2D eigenvalue weighted by Gasteiger charge is 2.11. The molecule has 0 aliphatic heterocycles. The maximum absolute atomic E-state index is 11.7. The van der Waals surface area contributed by atoms with E-state index in [1.165, 1.54) is 17.4 Å². The zero-order valence-electron chi connectivity index (χ0n) is 10.2. The van der Waals surface area contributed by atoms with E-state index in [0.717, 1.165) is 9.35 Å². The Balaban J connectivity index is 1.96. The summed E-state index contributed by atoms with van der Waals surface area (Å²) in [7, 11) is 0. The average Bonchev–Trinajstić information content (AvgIpc) is 2.83. The number of nitrogens with one attached hydrogen (secondary N) is 2. The van der Waals surface area contributed by atoms with Crippen molar-refractivity contribution in [1.29, 1.82) is 0 Å². The Labute approximate surface area is 127 Å². The zero-order valence-corrected chi connectivity index (χ0v) is 12.6. The lowest BCUT2D eigenvalue weighted by Crippen LogP contribution is -2.28. The average molecular weight is 355 g/mol. The number of para-hydroxylation sites is 1. The van der Waals surface area contributed by atoms with E-state index in [4.69, 9.17) is 5.11 Å². The van der Waals surface area contributed by atoms with Gasteiger partial charge in [-0.1, -0.05) is 12.1 Å². The van der Waals surface area contributed by atoms with Gasteiger partial charge in [0.15, 0.2) is 0 Å². The van der Waals surface area contributed by atoms with E-state index in [-0.39, 0.29) is 11.3 Å². The summed E-state index contributed by atoms with van der Waals surface area (Å²) in [4.78, 5) is 23.8. The van der Waals surface area contributed by atoms with E-state index < -0.39 is 12.0 Å². The maximum Gasteiger partial charge on any atom is 0.337 e.